The van der Waals surface area contributed by atoms with E-state index in [9.17, 15) is 5.26 Å². The molecular weight excluding hydrogens is 543 g/mol. The highest BCUT2D eigenvalue weighted by atomic mass is 35.5. The zero-order valence-electron chi connectivity index (χ0n) is 20.7. The number of fused-ring (bicyclic) bond motifs is 2. The molecule has 0 amide bonds. The molecule has 0 aliphatic rings. The Morgan fingerprint density at radius 3 is 2.54 bits per heavy atom. The van der Waals surface area contributed by atoms with Crippen LogP contribution >= 0.6 is 23.2 Å². The Bertz CT molecular complexity index is 1660. The van der Waals surface area contributed by atoms with Gasteiger partial charge in [0.1, 0.15) is 24.2 Å². The van der Waals surface area contributed by atoms with Gasteiger partial charge in [-0.2, -0.15) is 5.26 Å². The second kappa shape index (κ2) is 11.9. The molecule has 0 atom stereocenters. The summed E-state index contributed by atoms with van der Waals surface area (Å²) in [5.41, 5.74) is 2.21. The first-order chi connectivity index (χ1) is 19.1. The number of alkyl halides is 2. The van der Waals surface area contributed by atoms with Crippen LogP contribution in [0.2, 0.25) is 0 Å². The predicted molar refractivity (Wildman–Crippen MR) is 148 cm³/mol. The summed E-state index contributed by atoms with van der Waals surface area (Å²) in [6, 6.07) is 15.0. The van der Waals surface area contributed by atoms with E-state index in [0.717, 1.165) is 16.2 Å². The molecule has 2 heterocycles. The van der Waals surface area contributed by atoms with E-state index in [1.165, 1.54) is 6.20 Å². The van der Waals surface area contributed by atoms with Crippen LogP contribution in [0.3, 0.4) is 0 Å². The van der Waals surface area contributed by atoms with Crippen LogP contribution in [0.4, 0.5) is 11.4 Å². The van der Waals surface area contributed by atoms with Crippen molar-refractivity contribution in [1.29, 1.82) is 5.26 Å². The molecule has 10 nitrogen and oxygen atoms in total. The molecule has 0 unspecified atom stereocenters. The van der Waals surface area contributed by atoms with Crippen LogP contribution in [0.25, 0.3) is 21.7 Å². The highest BCUT2D eigenvalue weighted by Crippen LogP contribution is 2.39. The average molecular weight is 565 g/mol. The minimum atomic E-state index is -0.0745. The van der Waals surface area contributed by atoms with Crippen molar-refractivity contribution in [2.75, 3.05) is 31.2 Å². The van der Waals surface area contributed by atoms with Crippen molar-refractivity contribution in [3.8, 4) is 29.1 Å². The third-order valence-corrected chi connectivity index (χ3v) is 6.14. The molecule has 0 fully saturated rings. The summed E-state index contributed by atoms with van der Waals surface area (Å²) in [6.07, 6.45) is 4.92. The van der Waals surface area contributed by atoms with Crippen LogP contribution in [0.15, 0.2) is 61.1 Å². The quantitative estimate of drug-likeness (QED) is 0.156. The lowest BCUT2D eigenvalue weighted by Crippen LogP contribution is -2.09. The second-order valence-corrected chi connectivity index (χ2v) is 8.62. The average Bonchev–Trinajstić information content (AvgIpc) is 3.47. The lowest BCUT2D eigenvalue weighted by molar-refractivity contribution is 0.273. The first-order valence-corrected chi connectivity index (χ1v) is 12.8. The van der Waals surface area contributed by atoms with Gasteiger partial charge in [0.15, 0.2) is 23.6 Å². The zero-order valence-corrected chi connectivity index (χ0v) is 22.2. The summed E-state index contributed by atoms with van der Waals surface area (Å²) < 4.78 is 24.2. The summed E-state index contributed by atoms with van der Waals surface area (Å²) >= 11 is 11.5. The van der Waals surface area contributed by atoms with Gasteiger partial charge < -0.3 is 24.3 Å². The van der Waals surface area contributed by atoms with E-state index in [2.05, 4.69) is 26.7 Å². The van der Waals surface area contributed by atoms with Gasteiger partial charge in [-0.05, 0) is 47.2 Å². The van der Waals surface area contributed by atoms with Crippen LogP contribution in [-0.2, 0) is 6.54 Å². The number of pyridine rings is 1. The van der Waals surface area contributed by atoms with Crippen molar-refractivity contribution in [2.24, 2.45) is 0 Å². The molecule has 0 spiro atoms. The second-order valence-electron chi connectivity index (χ2n) is 8.18. The molecule has 12 heteroatoms. The molecular formula is C27H22Cl2N6O4. The summed E-state index contributed by atoms with van der Waals surface area (Å²) in [5, 5.41) is 23.5. The van der Waals surface area contributed by atoms with E-state index in [0.29, 0.717) is 58.6 Å². The number of nitriles is 1. The SMILES string of the molecule is COc1cc2cc3c(Nc4ccc(OCCl)cc4OCCl)c(C#N)cnc3cc2cc1OCCn1ccnn1. The van der Waals surface area contributed by atoms with Crippen LogP contribution in [0, 0.1) is 11.3 Å². The minimum absolute atomic E-state index is 0.00816. The van der Waals surface area contributed by atoms with E-state index in [-0.39, 0.29) is 12.1 Å². The highest BCUT2D eigenvalue weighted by Gasteiger charge is 2.16. The van der Waals surface area contributed by atoms with Crippen LogP contribution in [0.5, 0.6) is 23.0 Å². The van der Waals surface area contributed by atoms with Crippen molar-refractivity contribution < 1.29 is 18.9 Å². The van der Waals surface area contributed by atoms with Crippen molar-refractivity contribution in [1.82, 2.24) is 20.0 Å². The van der Waals surface area contributed by atoms with E-state index >= 15 is 0 Å². The number of rotatable bonds is 11. The van der Waals surface area contributed by atoms with Gasteiger partial charge in [-0.15, -0.1) is 5.10 Å². The fourth-order valence-corrected chi connectivity index (χ4v) is 4.35. The Morgan fingerprint density at radius 1 is 0.974 bits per heavy atom. The third-order valence-electron chi connectivity index (χ3n) is 5.92. The number of hydrogen-bond acceptors (Lipinski definition) is 9. The molecule has 0 saturated carbocycles. The third kappa shape index (κ3) is 5.70. The first-order valence-electron chi connectivity index (χ1n) is 11.7. The number of anilines is 2. The monoisotopic (exact) mass is 564 g/mol. The predicted octanol–water partition coefficient (Wildman–Crippen LogP) is 5.83. The molecule has 5 rings (SSSR count). The number of halogens is 2. The number of methoxy groups -OCH3 is 1. The van der Waals surface area contributed by atoms with Crippen LogP contribution < -0.4 is 24.3 Å². The number of nitrogens with zero attached hydrogens (tertiary/aromatic N) is 5. The maximum absolute atomic E-state index is 9.86. The fourth-order valence-electron chi connectivity index (χ4n) is 4.11. The Hall–Kier alpha value is -4.46. The van der Waals surface area contributed by atoms with Crippen molar-refractivity contribution in [3.63, 3.8) is 0 Å². The van der Waals surface area contributed by atoms with Crippen molar-refractivity contribution in [3.05, 3.63) is 66.6 Å². The smallest absolute Gasteiger partial charge is 0.162 e. The minimum Gasteiger partial charge on any atom is -0.493 e. The Morgan fingerprint density at radius 2 is 1.79 bits per heavy atom. The molecule has 0 bridgehead atoms. The van der Waals surface area contributed by atoms with Gasteiger partial charge >= 0.3 is 0 Å². The van der Waals surface area contributed by atoms with Crippen LogP contribution in [0.1, 0.15) is 5.56 Å². The van der Waals surface area contributed by atoms with E-state index in [1.807, 2.05) is 24.3 Å². The van der Waals surface area contributed by atoms with Crippen molar-refractivity contribution >= 4 is 56.3 Å². The maximum atomic E-state index is 9.86. The van der Waals surface area contributed by atoms with Crippen molar-refractivity contribution in [2.45, 2.75) is 6.54 Å². The number of benzene rings is 3. The Labute approximate surface area is 233 Å². The van der Waals surface area contributed by atoms with E-state index in [1.54, 1.807) is 42.4 Å². The van der Waals surface area contributed by atoms with Gasteiger partial charge in [-0.3, -0.25) is 4.98 Å². The molecule has 2 aromatic heterocycles. The molecule has 1 N–H and O–H groups in total. The molecule has 198 valence electrons. The molecule has 39 heavy (non-hydrogen) atoms. The van der Waals surface area contributed by atoms with Gasteiger partial charge in [0, 0.05) is 23.8 Å². The summed E-state index contributed by atoms with van der Waals surface area (Å²) in [5.74, 6) is 2.13. The lowest BCUT2D eigenvalue weighted by atomic mass is 10.0. The molecule has 0 aliphatic carbocycles. The number of hydrogen-bond donors (Lipinski definition) is 1. The topological polar surface area (TPSA) is 116 Å². The number of aromatic nitrogens is 4. The number of ether oxygens (including phenoxy) is 4. The summed E-state index contributed by atoms with van der Waals surface area (Å²) in [7, 11) is 1.59. The standard InChI is InChI=1S/C27H22Cl2N6O4/c1-36-25-10-17-8-21-23(9-18(17)11-26(25)37-7-6-35-5-4-32-34-35)31-14-19(13-30)27(21)33-22-3-2-20(38-15-28)12-24(22)39-16-29/h2-5,8-12,14H,6-7,15-16H2,1H3,(H,31,33). The highest BCUT2D eigenvalue weighted by molar-refractivity contribution is 6.17. The molecule has 3 aromatic carbocycles. The fraction of sp³-hybridized carbons (Fsp3) is 0.185. The molecule has 0 saturated heterocycles. The molecule has 5 aromatic rings. The first kappa shape index (κ1) is 26.2. The number of nitrogens with one attached hydrogen (secondary N) is 1. The van der Waals surface area contributed by atoms with Crippen LogP contribution in [-0.4, -0.2) is 45.8 Å². The van der Waals surface area contributed by atoms with Gasteiger partial charge in [0.25, 0.3) is 0 Å². The zero-order chi connectivity index (χ0) is 27.2. The largest absolute Gasteiger partial charge is 0.493 e. The molecule has 0 aliphatic heterocycles. The lowest BCUT2D eigenvalue weighted by Gasteiger charge is -2.17. The summed E-state index contributed by atoms with van der Waals surface area (Å²) in [4.78, 5) is 4.53. The molecule has 0 radical (unpaired) electrons. The van der Waals surface area contributed by atoms with E-state index in [4.69, 9.17) is 42.1 Å². The van der Waals surface area contributed by atoms with Gasteiger partial charge in [-0.25, -0.2) is 4.68 Å². The van der Waals surface area contributed by atoms with E-state index < -0.39 is 0 Å². The van der Waals surface area contributed by atoms with Gasteiger partial charge in [-0.1, -0.05) is 28.4 Å². The Kier molecular flexibility index (Phi) is 8.01. The normalized spacial score (nSPS) is 10.8. The summed E-state index contributed by atoms with van der Waals surface area (Å²) in [6.45, 7) is 0.929. The van der Waals surface area contributed by atoms with Gasteiger partial charge in [0.2, 0.25) is 0 Å². The van der Waals surface area contributed by atoms with Gasteiger partial charge in [0.05, 0.1) is 42.3 Å². The maximum Gasteiger partial charge on any atom is 0.162 e. The Balaban J connectivity index is 1.54.